The van der Waals surface area contributed by atoms with Gasteiger partial charge < -0.3 is 9.47 Å². The fraction of sp³-hybridized carbons (Fsp3) is 0.600. The topological polar surface area (TPSA) is 34.0 Å². The molecule has 0 bridgehead atoms. The summed E-state index contributed by atoms with van der Waals surface area (Å²) < 4.78 is 2.27. The van der Waals surface area contributed by atoms with Crippen LogP contribution in [0.3, 0.4) is 0 Å². The number of hydrogen-bond acceptors (Lipinski definition) is 3. The van der Waals surface area contributed by atoms with Crippen molar-refractivity contribution in [3.63, 3.8) is 0 Å². The molecule has 1 saturated heterocycles. The van der Waals surface area contributed by atoms with Gasteiger partial charge in [0.25, 0.3) is 0 Å². The third-order valence-electron chi connectivity index (χ3n) is 4.19. The first kappa shape index (κ1) is 12.6. The lowest BCUT2D eigenvalue weighted by molar-refractivity contribution is 0.340. The number of likely N-dealkylation sites (tertiary alicyclic amines) is 1. The van der Waals surface area contributed by atoms with Crippen molar-refractivity contribution in [2.75, 3.05) is 19.6 Å². The van der Waals surface area contributed by atoms with Crippen molar-refractivity contribution in [3.05, 3.63) is 24.2 Å². The molecule has 0 N–H and O–H groups in total. The van der Waals surface area contributed by atoms with E-state index in [2.05, 4.69) is 34.4 Å². The molecule has 0 saturated carbocycles. The molecular formula is C15H22N4. The van der Waals surface area contributed by atoms with Gasteiger partial charge in [-0.3, -0.25) is 0 Å². The molecule has 4 nitrogen and oxygen atoms in total. The maximum Gasteiger partial charge on any atom is 0.159 e. The Balaban J connectivity index is 1.84. The Morgan fingerprint density at radius 2 is 2.21 bits per heavy atom. The Morgan fingerprint density at radius 1 is 1.32 bits per heavy atom. The number of rotatable bonds is 4. The molecule has 3 rings (SSSR count). The minimum Gasteiger partial charge on any atom is -0.313 e. The molecule has 1 fully saturated rings. The number of imidazole rings is 1. The monoisotopic (exact) mass is 258 g/mol. The zero-order valence-electron chi connectivity index (χ0n) is 11.8. The first-order valence-electron chi connectivity index (χ1n) is 7.34. The van der Waals surface area contributed by atoms with Crippen LogP contribution in [0.25, 0.3) is 11.2 Å². The van der Waals surface area contributed by atoms with E-state index in [1.54, 1.807) is 0 Å². The van der Waals surface area contributed by atoms with Crippen molar-refractivity contribution in [1.29, 1.82) is 0 Å². The fourth-order valence-corrected chi connectivity index (χ4v) is 3.12. The van der Waals surface area contributed by atoms with E-state index in [4.69, 9.17) is 4.98 Å². The summed E-state index contributed by atoms with van der Waals surface area (Å²) in [6.45, 7) is 9.00. The molecule has 4 heteroatoms. The van der Waals surface area contributed by atoms with Gasteiger partial charge in [-0.15, -0.1) is 0 Å². The average molecular weight is 258 g/mol. The number of pyridine rings is 1. The second kappa shape index (κ2) is 5.29. The lowest BCUT2D eigenvalue weighted by atomic mass is 10.0. The third-order valence-corrected chi connectivity index (χ3v) is 4.19. The zero-order chi connectivity index (χ0) is 13.2. The lowest BCUT2D eigenvalue weighted by Gasteiger charge is -2.13. The minimum atomic E-state index is 0.752. The van der Waals surface area contributed by atoms with Gasteiger partial charge in [-0.25, -0.2) is 9.97 Å². The first-order valence-corrected chi connectivity index (χ1v) is 7.34. The van der Waals surface area contributed by atoms with Crippen molar-refractivity contribution < 1.29 is 0 Å². The standard InChI is InChI=1S/C15H22N4/c1-3-18-9-7-12(11-18)10-14-17-13-6-5-8-16-15(13)19(14)4-2/h5-6,8,12H,3-4,7,9-11H2,1-2H3. The minimum absolute atomic E-state index is 0.752. The highest BCUT2D eigenvalue weighted by atomic mass is 15.2. The SMILES string of the molecule is CCN1CCC(Cc2nc3cccnc3n2CC)C1. The van der Waals surface area contributed by atoms with Gasteiger partial charge in [0.1, 0.15) is 11.3 Å². The number of fused-ring (bicyclic) bond motifs is 1. The molecule has 3 heterocycles. The molecule has 0 amide bonds. The largest absolute Gasteiger partial charge is 0.313 e. The Bertz CT molecular complexity index is 560. The number of nitrogens with zero attached hydrogens (tertiary/aromatic N) is 4. The summed E-state index contributed by atoms with van der Waals surface area (Å²) in [6, 6.07) is 4.03. The number of aromatic nitrogens is 3. The molecule has 1 atom stereocenters. The van der Waals surface area contributed by atoms with Crippen LogP contribution < -0.4 is 0 Å². The molecule has 19 heavy (non-hydrogen) atoms. The summed E-state index contributed by atoms with van der Waals surface area (Å²) in [7, 11) is 0. The maximum atomic E-state index is 4.78. The van der Waals surface area contributed by atoms with Gasteiger partial charge in [-0.05, 0) is 44.5 Å². The third kappa shape index (κ3) is 2.37. The van der Waals surface area contributed by atoms with Crippen LogP contribution >= 0.6 is 0 Å². The molecule has 1 unspecified atom stereocenters. The predicted molar refractivity (Wildman–Crippen MR) is 77.1 cm³/mol. The summed E-state index contributed by atoms with van der Waals surface area (Å²) in [5.41, 5.74) is 2.06. The van der Waals surface area contributed by atoms with Crippen LogP contribution in [0.4, 0.5) is 0 Å². The van der Waals surface area contributed by atoms with E-state index < -0.39 is 0 Å². The van der Waals surface area contributed by atoms with Gasteiger partial charge in [0.2, 0.25) is 0 Å². The highest BCUT2D eigenvalue weighted by Gasteiger charge is 2.23. The van der Waals surface area contributed by atoms with E-state index in [-0.39, 0.29) is 0 Å². The van der Waals surface area contributed by atoms with E-state index in [1.165, 1.54) is 31.9 Å². The summed E-state index contributed by atoms with van der Waals surface area (Å²) >= 11 is 0. The Morgan fingerprint density at radius 3 is 2.95 bits per heavy atom. The van der Waals surface area contributed by atoms with Gasteiger partial charge in [-0.2, -0.15) is 0 Å². The van der Waals surface area contributed by atoms with Crippen molar-refractivity contribution in [2.24, 2.45) is 5.92 Å². The van der Waals surface area contributed by atoms with Gasteiger partial charge in [-0.1, -0.05) is 6.92 Å². The van der Waals surface area contributed by atoms with Crippen LogP contribution in [0.15, 0.2) is 18.3 Å². The molecule has 2 aromatic rings. The van der Waals surface area contributed by atoms with E-state index in [9.17, 15) is 0 Å². The van der Waals surface area contributed by atoms with Crippen molar-refractivity contribution in [2.45, 2.75) is 33.2 Å². The van der Waals surface area contributed by atoms with Crippen molar-refractivity contribution in [1.82, 2.24) is 19.4 Å². The second-order valence-corrected chi connectivity index (χ2v) is 5.37. The van der Waals surface area contributed by atoms with E-state index in [0.717, 1.165) is 30.0 Å². The van der Waals surface area contributed by atoms with Gasteiger partial charge in [0, 0.05) is 25.7 Å². The first-order chi connectivity index (χ1) is 9.31. The molecule has 102 valence electrons. The van der Waals surface area contributed by atoms with Crippen LogP contribution in [0, 0.1) is 5.92 Å². The highest BCUT2D eigenvalue weighted by molar-refractivity contribution is 5.71. The maximum absolute atomic E-state index is 4.78. The summed E-state index contributed by atoms with van der Waals surface area (Å²) in [5, 5.41) is 0. The van der Waals surface area contributed by atoms with Crippen LogP contribution in [-0.4, -0.2) is 39.1 Å². The summed E-state index contributed by atoms with van der Waals surface area (Å²) in [6.07, 6.45) is 4.24. The second-order valence-electron chi connectivity index (χ2n) is 5.37. The van der Waals surface area contributed by atoms with Gasteiger partial charge >= 0.3 is 0 Å². The average Bonchev–Trinajstić information content (AvgIpc) is 3.02. The smallest absolute Gasteiger partial charge is 0.159 e. The van der Waals surface area contributed by atoms with Crippen molar-refractivity contribution in [3.8, 4) is 0 Å². The van der Waals surface area contributed by atoms with Crippen LogP contribution in [-0.2, 0) is 13.0 Å². The summed E-state index contributed by atoms with van der Waals surface area (Å²) in [4.78, 5) is 11.8. The highest BCUT2D eigenvalue weighted by Crippen LogP contribution is 2.22. The van der Waals surface area contributed by atoms with Gasteiger partial charge in [0.15, 0.2) is 5.65 Å². The van der Waals surface area contributed by atoms with E-state index >= 15 is 0 Å². The number of aryl methyl sites for hydroxylation is 1. The quantitative estimate of drug-likeness (QED) is 0.844. The van der Waals surface area contributed by atoms with E-state index in [0.29, 0.717) is 0 Å². The lowest BCUT2D eigenvalue weighted by Crippen LogP contribution is -2.20. The van der Waals surface area contributed by atoms with Crippen molar-refractivity contribution >= 4 is 11.2 Å². The zero-order valence-corrected chi connectivity index (χ0v) is 11.8. The molecule has 0 radical (unpaired) electrons. The Kier molecular flexibility index (Phi) is 3.51. The molecule has 0 aromatic carbocycles. The fourth-order valence-electron chi connectivity index (χ4n) is 3.12. The van der Waals surface area contributed by atoms with Crippen LogP contribution in [0.5, 0.6) is 0 Å². The van der Waals surface area contributed by atoms with Crippen LogP contribution in [0.2, 0.25) is 0 Å². The molecular weight excluding hydrogens is 236 g/mol. The molecule has 0 spiro atoms. The van der Waals surface area contributed by atoms with E-state index in [1.807, 2.05) is 12.3 Å². The van der Waals surface area contributed by atoms with Gasteiger partial charge in [0.05, 0.1) is 0 Å². The number of hydrogen-bond donors (Lipinski definition) is 0. The molecule has 2 aromatic heterocycles. The normalized spacial score (nSPS) is 20.4. The molecule has 1 aliphatic heterocycles. The Hall–Kier alpha value is -1.42. The predicted octanol–water partition coefficient (Wildman–Crippen LogP) is 2.34. The Labute approximate surface area is 114 Å². The molecule has 0 aliphatic carbocycles. The molecule has 1 aliphatic rings. The summed E-state index contributed by atoms with van der Waals surface area (Å²) in [5.74, 6) is 1.96. The van der Waals surface area contributed by atoms with Crippen LogP contribution in [0.1, 0.15) is 26.1 Å².